The minimum Gasteiger partial charge on any atom is -0.308 e. The summed E-state index contributed by atoms with van der Waals surface area (Å²) in [5.41, 5.74) is 3.70. The van der Waals surface area contributed by atoms with Crippen molar-refractivity contribution in [2.75, 3.05) is 31.6 Å². The number of aromatic nitrogens is 1. The second-order valence-corrected chi connectivity index (χ2v) is 5.58. The highest BCUT2D eigenvalue weighted by Gasteiger charge is 2.29. The number of likely N-dealkylation sites (tertiary alicyclic amines) is 2. The summed E-state index contributed by atoms with van der Waals surface area (Å²) in [5.74, 6) is 6.14. The van der Waals surface area contributed by atoms with Crippen LogP contribution in [0.5, 0.6) is 0 Å². The largest absolute Gasteiger partial charge is 0.308 e. The molecule has 0 bridgehead atoms. The second kappa shape index (κ2) is 5.86. The van der Waals surface area contributed by atoms with Gasteiger partial charge in [0.1, 0.15) is 5.82 Å². The molecule has 0 saturated carbocycles. The highest BCUT2D eigenvalue weighted by atomic mass is 15.3. The zero-order valence-electron chi connectivity index (χ0n) is 11.4. The average Bonchev–Trinajstić information content (AvgIpc) is 3.09. The molecular weight excluding hydrogens is 238 g/mol. The van der Waals surface area contributed by atoms with E-state index >= 15 is 0 Å². The number of pyridine rings is 1. The third kappa shape index (κ3) is 3.05. The first-order valence-corrected chi connectivity index (χ1v) is 7.24. The van der Waals surface area contributed by atoms with Crippen LogP contribution in [-0.4, -0.2) is 47.0 Å². The molecule has 1 aromatic rings. The maximum absolute atomic E-state index is 5.40. The molecule has 3 rings (SSSR count). The van der Waals surface area contributed by atoms with Gasteiger partial charge in [-0.05, 0) is 44.5 Å². The Hall–Kier alpha value is -1.17. The molecule has 104 valence electrons. The van der Waals surface area contributed by atoms with Gasteiger partial charge in [-0.1, -0.05) is 6.07 Å². The van der Waals surface area contributed by atoms with Crippen molar-refractivity contribution in [3.63, 3.8) is 0 Å². The standard InChI is InChI=1S/C14H23N5/c15-17-14-5-3-4-12(16-14)10-18-9-6-13(11-18)19-7-1-2-8-19/h3-5,13H,1-2,6-11,15H2,(H,16,17). The quantitative estimate of drug-likeness (QED) is 0.626. The van der Waals surface area contributed by atoms with E-state index in [9.17, 15) is 0 Å². The number of nitrogens with two attached hydrogens (primary N) is 1. The first-order chi connectivity index (χ1) is 9.35. The van der Waals surface area contributed by atoms with Crippen molar-refractivity contribution in [2.24, 2.45) is 5.84 Å². The SMILES string of the molecule is NNc1cccc(CN2CCC(N3CCCC3)C2)n1. The molecule has 0 spiro atoms. The highest BCUT2D eigenvalue weighted by Crippen LogP contribution is 2.21. The van der Waals surface area contributed by atoms with Crippen LogP contribution in [0.4, 0.5) is 5.82 Å². The first kappa shape index (κ1) is 12.8. The van der Waals surface area contributed by atoms with Crippen LogP contribution in [0.3, 0.4) is 0 Å². The molecule has 1 unspecified atom stereocenters. The summed E-state index contributed by atoms with van der Waals surface area (Å²) < 4.78 is 0. The fourth-order valence-electron chi connectivity index (χ4n) is 3.24. The third-order valence-corrected chi connectivity index (χ3v) is 4.24. The molecule has 1 atom stereocenters. The van der Waals surface area contributed by atoms with E-state index in [0.717, 1.165) is 24.1 Å². The van der Waals surface area contributed by atoms with Gasteiger partial charge in [0.15, 0.2) is 0 Å². The van der Waals surface area contributed by atoms with E-state index in [2.05, 4.69) is 26.3 Å². The van der Waals surface area contributed by atoms with Gasteiger partial charge in [-0.2, -0.15) is 0 Å². The molecule has 2 aliphatic heterocycles. The predicted octanol–water partition coefficient (Wildman–Crippen LogP) is 1.04. The molecule has 2 fully saturated rings. The minimum atomic E-state index is 0.743. The van der Waals surface area contributed by atoms with Gasteiger partial charge in [-0.15, -0.1) is 0 Å². The Morgan fingerprint density at radius 2 is 2.11 bits per heavy atom. The molecule has 5 nitrogen and oxygen atoms in total. The molecule has 0 amide bonds. The van der Waals surface area contributed by atoms with E-state index in [-0.39, 0.29) is 0 Å². The highest BCUT2D eigenvalue weighted by molar-refractivity contribution is 5.33. The monoisotopic (exact) mass is 261 g/mol. The number of nitrogen functional groups attached to an aromatic ring is 1. The van der Waals surface area contributed by atoms with Crippen LogP contribution in [0.1, 0.15) is 25.0 Å². The average molecular weight is 261 g/mol. The number of rotatable bonds is 4. The van der Waals surface area contributed by atoms with Crippen molar-refractivity contribution < 1.29 is 0 Å². The predicted molar refractivity (Wildman–Crippen MR) is 76.5 cm³/mol. The fraction of sp³-hybridized carbons (Fsp3) is 0.643. The lowest BCUT2D eigenvalue weighted by Gasteiger charge is -2.23. The van der Waals surface area contributed by atoms with E-state index < -0.39 is 0 Å². The minimum absolute atomic E-state index is 0.743. The lowest BCUT2D eigenvalue weighted by molar-refractivity contribution is 0.229. The van der Waals surface area contributed by atoms with Gasteiger partial charge in [0.05, 0.1) is 5.69 Å². The molecule has 19 heavy (non-hydrogen) atoms. The van der Waals surface area contributed by atoms with Crippen LogP contribution < -0.4 is 11.3 Å². The third-order valence-electron chi connectivity index (χ3n) is 4.24. The first-order valence-electron chi connectivity index (χ1n) is 7.24. The van der Waals surface area contributed by atoms with Gasteiger partial charge < -0.3 is 5.43 Å². The van der Waals surface area contributed by atoms with Crippen molar-refractivity contribution >= 4 is 5.82 Å². The maximum Gasteiger partial charge on any atom is 0.140 e. The summed E-state index contributed by atoms with van der Waals surface area (Å²) in [4.78, 5) is 9.65. The number of hydrogen-bond acceptors (Lipinski definition) is 5. The van der Waals surface area contributed by atoms with E-state index in [1.54, 1.807) is 0 Å². The van der Waals surface area contributed by atoms with E-state index in [1.807, 2.05) is 12.1 Å². The molecule has 3 N–H and O–H groups in total. The Morgan fingerprint density at radius 3 is 2.89 bits per heavy atom. The van der Waals surface area contributed by atoms with Gasteiger partial charge in [-0.3, -0.25) is 9.80 Å². The summed E-state index contributed by atoms with van der Waals surface area (Å²) >= 11 is 0. The molecule has 1 aromatic heterocycles. The summed E-state index contributed by atoms with van der Waals surface area (Å²) in [5, 5.41) is 0. The van der Waals surface area contributed by atoms with Gasteiger partial charge in [-0.25, -0.2) is 10.8 Å². The van der Waals surface area contributed by atoms with E-state index in [1.165, 1.54) is 45.4 Å². The number of hydrogen-bond donors (Lipinski definition) is 2. The summed E-state index contributed by atoms with van der Waals surface area (Å²) in [6, 6.07) is 6.73. The van der Waals surface area contributed by atoms with Crippen LogP contribution >= 0.6 is 0 Å². The summed E-state index contributed by atoms with van der Waals surface area (Å²) in [7, 11) is 0. The second-order valence-electron chi connectivity index (χ2n) is 5.58. The zero-order valence-corrected chi connectivity index (χ0v) is 11.4. The van der Waals surface area contributed by atoms with Crippen molar-refractivity contribution in [2.45, 2.75) is 31.8 Å². The Labute approximate surface area is 114 Å². The van der Waals surface area contributed by atoms with Gasteiger partial charge in [0.2, 0.25) is 0 Å². The van der Waals surface area contributed by atoms with Gasteiger partial charge in [0, 0.05) is 25.7 Å². The number of nitrogens with zero attached hydrogens (tertiary/aromatic N) is 3. The number of hydrazine groups is 1. The Kier molecular flexibility index (Phi) is 3.96. The Morgan fingerprint density at radius 1 is 1.26 bits per heavy atom. The van der Waals surface area contributed by atoms with Crippen LogP contribution in [0, 0.1) is 0 Å². The Balaban J connectivity index is 1.56. The van der Waals surface area contributed by atoms with Crippen molar-refractivity contribution in [3.8, 4) is 0 Å². The lowest BCUT2D eigenvalue weighted by atomic mass is 10.2. The molecule has 5 heteroatoms. The lowest BCUT2D eigenvalue weighted by Crippen LogP contribution is -2.35. The van der Waals surface area contributed by atoms with Gasteiger partial charge >= 0.3 is 0 Å². The van der Waals surface area contributed by atoms with Crippen LogP contribution in [0.15, 0.2) is 18.2 Å². The normalized spacial score (nSPS) is 25.0. The van der Waals surface area contributed by atoms with Gasteiger partial charge in [0.25, 0.3) is 0 Å². The molecule has 0 aromatic carbocycles. The topological polar surface area (TPSA) is 57.4 Å². The molecule has 0 aliphatic carbocycles. The molecule has 2 saturated heterocycles. The molecule has 2 aliphatic rings. The Bertz CT molecular complexity index is 416. The van der Waals surface area contributed by atoms with Crippen molar-refractivity contribution in [3.05, 3.63) is 23.9 Å². The van der Waals surface area contributed by atoms with Crippen molar-refractivity contribution in [1.29, 1.82) is 0 Å². The van der Waals surface area contributed by atoms with Crippen LogP contribution in [0.2, 0.25) is 0 Å². The summed E-state index contributed by atoms with van der Waals surface area (Å²) in [6.45, 7) is 5.89. The number of anilines is 1. The molecule has 0 radical (unpaired) electrons. The molecular formula is C14H23N5. The number of nitrogens with one attached hydrogen (secondary N) is 1. The smallest absolute Gasteiger partial charge is 0.140 e. The van der Waals surface area contributed by atoms with Crippen molar-refractivity contribution in [1.82, 2.24) is 14.8 Å². The fourth-order valence-corrected chi connectivity index (χ4v) is 3.24. The van der Waals surface area contributed by atoms with E-state index in [4.69, 9.17) is 5.84 Å². The maximum atomic E-state index is 5.40. The zero-order chi connectivity index (χ0) is 13.1. The van der Waals surface area contributed by atoms with Crippen LogP contribution in [0.25, 0.3) is 0 Å². The molecule has 3 heterocycles. The van der Waals surface area contributed by atoms with Crippen LogP contribution in [-0.2, 0) is 6.54 Å². The van der Waals surface area contributed by atoms with E-state index in [0.29, 0.717) is 0 Å². The summed E-state index contributed by atoms with van der Waals surface area (Å²) in [6.07, 6.45) is 4.05.